The average molecular weight is 364 g/mol. The number of benzene rings is 1. The summed E-state index contributed by atoms with van der Waals surface area (Å²) in [6, 6.07) is 4.72. The van der Waals surface area contributed by atoms with Crippen LogP contribution >= 0.6 is 22.9 Å². The van der Waals surface area contributed by atoms with E-state index < -0.39 is 11.8 Å². The zero-order valence-corrected chi connectivity index (χ0v) is 14.4. The molecule has 1 aromatic heterocycles. The van der Waals surface area contributed by atoms with Gasteiger partial charge in [-0.25, -0.2) is 4.98 Å². The van der Waals surface area contributed by atoms with Gasteiger partial charge < -0.3 is 10.2 Å². The van der Waals surface area contributed by atoms with E-state index >= 15 is 0 Å². The molecule has 0 radical (unpaired) electrons. The van der Waals surface area contributed by atoms with Gasteiger partial charge in [-0.2, -0.15) is 0 Å². The molecule has 2 heterocycles. The van der Waals surface area contributed by atoms with Crippen molar-refractivity contribution in [3.63, 3.8) is 0 Å². The highest BCUT2D eigenvalue weighted by Crippen LogP contribution is 2.32. The molecule has 24 heavy (non-hydrogen) atoms. The number of nitrogens with zero attached hydrogens (tertiary/aromatic N) is 2. The van der Waals surface area contributed by atoms with Crippen LogP contribution in [0.25, 0.3) is 0 Å². The molecule has 0 fully saturated rings. The zero-order chi connectivity index (χ0) is 17.3. The van der Waals surface area contributed by atoms with Crippen LogP contribution in [-0.4, -0.2) is 29.1 Å². The molecule has 0 bridgehead atoms. The number of ketones is 1. The Kier molecular flexibility index (Phi) is 4.64. The number of carbonyl (C=O) groups is 3. The fourth-order valence-corrected chi connectivity index (χ4v) is 3.37. The summed E-state index contributed by atoms with van der Waals surface area (Å²) in [6.07, 6.45) is 1.37. The second-order valence-corrected chi connectivity index (χ2v) is 6.58. The molecule has 1 N–H and O–H groups in total. The number of nitrogens with one attached hydrogen (secondary N) is 1. The molecule has 124 valence electrons. The summed E-state index contributed by atoms with van der Waals surface area (Å²) in [5.41, 5.74) is 0.774. The number of amides is 2. The van der Waals surface area contributed by atoms with Crippen molar-refractivity contribution in [2.45, 2.75) is 13.3 Å². The van der Waals surface area contributed by atoms with Gasteiger partial charge in [0.1, 0.15) is 5.92 Å². The molecule has 8 heteroatoms. The highest BCUT2D eigenvalue weighted by atomic mass is 35.5. The van der Waals surface area contributed by atoms with E-state index in [0.29, 0.717) is 27.9 Å². The molecule has 3 rings (SSSR count). The van der Waals surface area contributed by atoms with Crippen LogP contribution in [0.2, 0.25) is 5.02 Å². The van der Waals surface area contributed by atoms with E-state index in [1.54, 1.807) is 29.8 Å². The van der Waals surface area contributed by atoms with Crippen LogP contribution in [0.15, 0.2) is 29.8 Å². The third-order valence-corrected chi connectivity index (χ3v) is 4.73. The molecule has 1 unspecified atom stereocenters. The first-order valence-electron chi connectivity index (χ1n) is 7.35. The molecule has 0 saturated heterocycles. The SMILES string of the molecule is CCN1C(=O)CC(C(=O)Nc2nccs2)C(=O)c2ccc(Cl)cc21. The first-order chi connectivity index (χ1) is 11.5. The van der Waals surface area contributed by atoms with Crippen LogP contribution in [0, 0.1) is 5.92 Å². The van der Waals surface area contributed by atoms with E-state index in [0.717, 1.165) is 0 Å². The van der Waals surface area contributed by atoms with Crippen LogP contribution in [0.1, 0.15) is 23.7 Å². The Morgan fingerprint density at radius 3 is 2.92 bits per heavy atom. The molecule has 1 atom stereocenters. The van der Waals surface area contributed by atoms with Crippen LogP contribution in [0.5, 0.6) is 0 Å². The number of thiazole rings is 1. The lowest BCUT2D eigenvalue weighted by Crippen LogP contribution is -2.34. The minimum Gasteiger partial charge on any atom is -0.312 e. The summed E-state index contributed by atoms with van der Waals surface area (Å²) in [6.45, 7) is 2.20. The maximum atomic E-state index is 12.8. The van der Waals surface area contributed by atoms with E-state index in [1.807, 2.05) is 6.92 Å². The summed E-state index contributed by atoms with van der Waals surface area (Å²) in [5.74, 6) is -2.29. The lowest BCUT2D eigenvalue weighted by Gasteiger charge is -2.20. The van der Waals surface area contributed by atoms with Gasteiger partial charge in [0.25, 0.3) is 0 Å². The van der Waals surface area contributed by atoms with Crippen molar-refractivity contribution < 1.29 is 14.4 Å². The number of carbonyl (C=O) groups excluding carboxylic acids is 3. The number of hydrogen-bond donors (Lipinski definition) is 1. The van der Waals surface area contributed by atoms with Crippen LogP contribution < -0.4 is 10.2 Å². The number of hydrogen-bond acceptors (Lipinski definition) is 5. The van der Waals surface area contributed by atoms with E-state index in [4.69, 9.17) is 11.6 Å². The molecule has 1 aromatic carbocycles. The van der Waals surface area contributed by atoms with Gasteiger partial charge in [-0.1, -0.05) is 11.6 Å². The molecular formula is C16H14ClN3O3S. The van der Waals surface area contributed by atoms with Crippen LogP contribution in [0.3, 0.4) is 0 Å². The van der Waals surface area contributed by atoms with Gasteiger partial charge in [-0.3, -0.25) is 14.4 Å². The smallest absolute Gasteiger partial charge is 0.237 e. The molecule has 1 aliphatic rings. The van der Waals surface area contributed by atoms with Crippen molar-refractivity contribution in [3.05, 3.63) is 40.4 Å². The number of anilines is 2. The highest BCUT2D eigenvalue weighted by Gasteiger charge is 2.37. The summed E-state index contributed by atoms with van der Waals surface area (Å²) < 4.78 is 0. The van der Waals surface area contributed by atoms with Gasteiger partial charge in [-0.05, 0) is 25.1 Å². The molecule has 2 amide bonds. The van der Waals surface area contributed by atoms with Gasteiger partial charge in [0.2, 0.25) is 11.8 Å². The predicted octanol–water partition coefficient (Wildman–Crippen LogP) is 2.99. The molecule has 1 aliphatic heterocycles. The first-order valence-corrected chi connectivity index (χ1v) is 8.61. The standard InChI is InChI=1S/C16H14ClN3O3S/c1-2-20-12-7-9(17)3-4-10(12)14(22)11(8-13(20)21)15(23)19-16-18-5-6-24-16/h3-7,11H,2,8H2,1H3,(H,18,19,23). The van der Waals surface area contributed by atoms with Crippen molar-refractivity contribution in [1.82, 2.24) is 4.98 Å². The van der Waals surface area contributed by atoms with Gasteiger partial charge in [-0.15, -0.1) is 11.3 Å². The minimum atomic E-state index is -1.09. The normalized spacial score (nSPS) is 17.4. The zero-order valence-electron chi connectivity index (χ0n) is 12.8. The summed E-state index contributed by atoms with van der Waals surface area (Å²) in [4.78, 5) is 43.3. The number of rotatable bonds is 3. The van der Waals surface area contributed by atoms with E-state index in [9.17, 15) is 14.4 Å². The summed E-state index contributed by atoms with van der Waals surface area (Å²) >= 11 is 7.25. The fourth-order valence-electron chi connectivity index (χ4n) is 2.67. The third-order valence-electron chi connectivity index (χ3n) is 3.81. The Morgan fingerprint density at radius 2 is 2.25 bits per heavy atom. The molecule has 0 spiro atoms. The van der Waals surface area contributed by atoms with Crippen molar-refractivity contribution in [3.8, 4) is 0 Å². The van der Waals surface area contributed by atoms with Crippen molar-refractivity contribution >= 4 is 51.4 Å². The molecule has 6 nitrogen and oxygen atoms in total. The largest absolute Gasteiger partial charge is 0.312 e. The monoisotopic (exact) mass is 363 g/mol. The lowest BCUT2D eigenvalue weighted by atomic mass is 9.94. The second kappa shape index (κ2) is 6.70. The molecule has 0 aliphatic carbocycles. The Balaban J connectivity index is 1.98. The number of fused-ring (bicyclic) bond motifs is 1. The molecule has 2 aromatic rings. The minimum absolute atomic E-state index is 0.184. The van der Waals surface area contributed by atoms with E-state index in [1.165, 1.54) is 16.2 Å². The van der Waals surface area contributed by atoms with Gasteiger partial charge >= 0.3 is 0 Å². The van der Waals surface area contributed by atoms with Gasteiger partial charge in [0, 0.05) is 35.1 Å². The van der Waals surface area contributed by atoms with Crippen LogP contribution in [0.4, 0.5) is 10.8 Å². The topological polar surface area (TPSA) is 79.4 Å². The lowest BCUT2D eigenvalue weighted by molar-refractivity contribution is -0.124. The summed E-state index contributed by atoms with van der Waals surface area (Å²) in [7, 11) is 0. The van der Waals surface area contributed by atoms with E-state index in [2.05, 4.69) is 10.3 Å². The van der Waals surface area contributed by atoms with Gasteiger partial charge in [0.05, 0.1) is 5.69 Å². The second-order valence-electron chi connectivity index (χ2n) is 5.25. The van der Waals surface area contributed by atoms with Crippen LogP contribution in [-0.2, 0) is 9.59 Å². The van der Waals surface area contributed by atoms with E-state index in [-0.39, 0.29) is 18.1 Å². The summed E-state index contributed by atoms with van der Waals surface area (Å²) in [5, 5.41) is 5.14. The average Bonchev–Trinajstić information content (AvgIpc) is 3.02. The number of aromatic nitrogens is 1. The Bertz CT molecular complexity index is 807. The maximum Gasteiger partial charge on any atom is 0.237 e. The first kappa shape index (κ1) is 16.6. The Morgan fingerprint density at radius 1 is 1.46 bits per heavy atom. The Labute approximate surface area is 147 Å². The fraction of sp³-hybridized carbons (Fsp3) is 0.250. The predicted molar refractivity (Wildman–Crippen MR) is 92.7 cm³/mol. The van der Waals surface area contributed by atoms with Crippen molar-refractivity contribution in [1.29, 1.82) is 0 Å². The maximum absolute atomic E-state index is 12.8. The number of Topliss-reactive ketones (excluding diaryl/α,β-unsaturated/α-hetero) is 1. The highest BCUT2D eigenvalue weighted by molar-refractivity contribution is 7.13. The van der Waals surface area contributed by atoms with Crippen molar-refractivity contribution in [2.24, 2.45) is 5.92 Å². The molecule has 0 saturated carbocycles. The quantitative estimate of drug-likeness (QED) is 0.850. The van der Waals surface area contributed by atoms with Gasteiger partial charge in [0.15, 0.2) is 10.9 Å². The van der Waals surface area contributed by atoms with Crippen molar-refractivity contribution in [2.75, 3.05) is 16.8 Å². The molecular weight excluding hydrogens is 350 g/mol. The number of halogens is 1. The third kappa shape index (κ3) is 3.05. The Hall–Kier alpha value is -2.25.